The quantitative estimate of drug-likeness (QED) is 0.0374. The van der Waals surface area contributed by atoms with E-state index >= 15 is 0 Å². The third-order valence-corrected chi connectivity index (χ3v) is 16.1. The highest BCUT2D eigenvalue weighted by atomic mass is 16.5. The smallest absolute Gasteiger partial charge is 0.408 e. The topological polar surface area (TPSA) is 147 Å². The van der Waals surface area contributed by atoms with E-state index in [4.69, 9.17) is 14.2 Å². The van der Waals surface area contributed by atoms with Crippen molar-refractivity contribution in [3.63, 3.8) is 0 Å². The average Bonchev–Trinajstić information content (AvgIpc) is 4.10. The van der Waals surface area contributed by atoms with Crippen LogP contribution in [0.15, 0.2) is 97.1 Å². The van der Waals surface area contributed by atoms with Crippen molar-refractivity contribution in [3.8, 4) is 16.9 Å². The fourth-order valence-corrected chi connectivity index (χ4v) is 11.1. The number of hydrogen-bond acceptors (Lipinski definition) is 7. The highest BCUT2D eigenvalue weighted by Gasteiger charge is 2.38. The van der Waals surface area contributed by atoms with E-state index in [9.17, 15) is 24.3 Å². The normalized spacial score (nSPS) is 12.4. The predicted molar refractivity (Wildman–Crippen MR) is 342 cm³/mol. The molecule has 4 amide bonds. The van der Waals surface area contributed by atoms with Gasteiger partial charge in [-0.25, -0.2) is 4.79 Å². The molecule has 12 nitrogen and oxygen atoms in total. The van der Waals surface area contributed by atoms with Gasteiger partial charge in [0.05, 0.1) is 13.5 Å². The Morgan fingerprint density at radius 1 is 0.518 bits per heavy atom. The molecule has 83 heavy (non-hydrogen) atoms. The molecule has 1 aliphatic carbocycles. The summed E-state index contributed by atoms with van der Waals surface area (Å²) in [6.07, 6.45) is 44.1. The standard InChI is InChI=1S/C71H110N4O8/c1-4-6-8-10-12-14-16-18-20-22-24-26-28-30-32-38-54-82-56-40-52-74(53-41-57-83-55-39-33-31-29-27-25-23-21-19-17-15-13-11-9-7-5-2)68(76)58-67(70(78)73-51-50-72-69(77)60-46-48-61(81-3)49-47-60)75(71(79)80)59-66-64-44-36-34-42-62(64)63-43-35-37-45-65(63)66/h18-21,34-37,42-49,66-67H,4-17,22-33,38-41,50-59H2,1-3H3,(H,72,77)(H,73,78)(H,79,80)/t67-/m1/s1. The number of methoxy groups -OCH3 is 1. The van der Waals surface area contributed by atoms with E-state index in [0.717, 1.165) is 52.8 Å². The molecule has 1 atom stereocenters. The summed E-state index contributed by atoms with van der Waals surface area (Å²) < 4.78 is 17.4. The van der Waals surface area contributed by atoms with E-state index in [2.05, 4.69) is 48.8 Å². The van der Waals surface area contributed by atoms with Crippen LogP contribution >= 0.6 is 0 Å². The lowest BCUT2D eigenvalue weighted by Gasteiger charge is -2.32. The largest absolute Gasteiger partial charge is 0.497 e. The van der Waals surface area contributed by atoms with Crippen LogP contribution in [-0.4, -0.2) is 111 Å². The first kappa shape index (κ1) is 70.0. The van der Waals surface area contributed by atoms with E-state index in [1.54, 1.807) is 36.3 Å². The Morgan fingerprint density at radius 2 is 0.928 bits per heavy atom. The number of nitrogens with zero attached hydrogens (tertiary/aromatic N) is 2. The zero-order chi connectivity index (χ0) is 59.2. The molecule has 0 fully saturated rings. The third kappa shape index (κ3) is 29.8. The van der Waals surface area contributed by atoms with E-state index in [-0.39, 0.29) is 43.8 Å². The highest BCUT2D eigenvalue weighted by Crippen LogP contribution is 2.45. The minimum Gasteiger partial charge on any atom is -0.497 e. The van der Waals surface area contributed by atoms with Gasteiger partial charge in [-0.3, -0.25) is 19.3 Å². The molecule has 0 saturated carbocycles. The summed E-state index contributed by atoms with van der Waals surface area (Å²) in [5.41, 5.74) is 4.44. The maximum Gasteiger partial charge on any atom is 0.408 e. The Kier molecular flexibility index (Phi) is 38.7. The Bertz CT molecular complexity index is 2150. The van der Waals surface area contributed by atoms with Gasteiger partial charge in [-0.1, -0.05) is 202 Å². The van der Waals surface area contributed by atoms with Crippen LogP contribution in [0.1, 0.15) is 240 Å². The van der Waals surface area contributed by atoms with Gasteiger partial charge in [-0.2, -0.15) is 0 Å². The molecule has 3 N–H and O–H groups in total. The number of benzene rings is 3. The molecule has 0 heterocycles. The van der Waals surface area contributed by atoms with Gasteiger partial charge in [0.2, 0.25) is 11.8 Å². The molecule has 462 valence electrons. The molecule has 0 spiro atoms. The molecule has 4 rings (SSSR count). The number of fused-ring (bicyclic) bond motifs is 3. The Labute approximate surface area is 502 Å². The van der Waals surface area contributed by atoms with E-state index in [1.165, 1.54) is 154 Å². The summed E-state index contributed by atoms with van der Waals surface area (Å²) in [6.45, 7) is 7.77. The first-order valence-electron chi connectivity index (χ1n) is 32.9. The molecular weight excluding hydrogens is 1040 g/mol. The molecule has 0 bridgehead atoms. The number of carboxylic acid groups (broad SMARTS) is 1. The van der Waals surface area contributed by atoms with Crippen LogP contribution in [0.5, 0.6) is 5.75 Å². The second kappa shape index (κ2) is 45.9. The monoisotopic (exact) mass is 1150 g/mol. The lowest BCUT2D eigenvalue weighted by molar-refractivity contribution is -0.137. The summed E-state index contributed by atoms with van der Waals surface area (Å²) >= 11 is 0. The highest BCUT2D eigenvalue weighted by molar-refractivity contribution is 5.94. The first-order valence-corrected chi connectivity index (χ1v) is 32.9. The molecule has 0 unspecified atom stereocenters. The number of amides is 4. The van der Waals surface area contributed by atoms with Crippen LogP contribution in [0.4, 0.5) is 4.79 Å². The molecule has 3 aromatic carbocycles. The molecule has 1 aliphatic rings. The third-order valence-electron chi connectivity index (χ3n) is 16.1. The number of unbranched alkanes of at least 4 members (excludes halogenated alkanes) is 24. The maximum atomic E-state index is 14.7. The van der Waals surface area contributed by atoms with Crippen LogP contribution in [-0.2, 0) is 19.1 Å². The second-order valence-electron chi connectivity index (χ2n) is 22.8. The predicted octanol–water partition coefficient (Wildman–Crippen LogP) is 16.8. The molecule has 0 radical (unpaired) electrons. The molecule has 3 aromatic rings. The van der Waals surface area contributed by atoms with E-state index in [1.807, 2.05) is 48.5 Å². The fourth-order valence-electron chi connectivity index (χ4n) is 11.1. The van der Waals surface area contributed by atoms with Gasteiger partial charge in [-0.15, -0.1) is 0 Å². The summed E-state index contributed by atoms with van der Waals surface area (Å²) in [5.74, 6) is -0.957. The van der Waals surface area contributed by atoms with Crippen molar-refractivity contribution in [1.29, 1.82) is 0 Å². The number of ether oxygens (including phenoxy) is 3. The van der Waals surface area contributed by atoms with Crippen LogP contribution < -0.4 is 15.4 Å². The Balaban J connectivity index is 1.30. The van der Waals surface area contributed by atoms with Gasteiger partial charge in [0, 0.05) is 70.6 Å². The zero-order valence-corrected chi connectivity index (χ0v) is 51.9. The van der Waals surface area contributed by atoms with Crippen molar-refractivity contribution >= 4 is 23.8 Å². The number of allylic oxidation sites excluding steroid dienone is 4. The lowest BCUT2D eigenvalue weighted by atomic mass is 9.95. The minimum absolute atomic E-state index is 0.0281. The summed E-state index contributed by atoms with van der Waals surface area (Å²) in [5, 5.41) is 16.7. The summed E-state index contributed by atoms with van der Waals surface area (Å²) in [4.78, 5) is 58.5. The van der Waals surface area contributed by atoms with Gasteiger partial charge in [0.1, 0.15) is 11.8 Å². The Morgan fingerprint density at radius 3 is 1.37 bits per heavy atom. The van der Waals surface area contributed by atoms with Crippen molar-refractivity contribution in [2.45, 2.75) is 225 Å². The van der Waals surface area contributed by atoms with Crippen LogP contribution in [0.2, 0.25) is 0 Å². The Hall–Kier alpha value is -5.46. The van der Waals surface area contributed by atoms with Gasteiger partial charge < -0.3 is 34.9 Å². The molecule has 0 aliphatic heterocycles. The van der Waals surface area contributed by atoms with Crippen molar-refractivity contribution in [2.24, 2.45) is 0 Å². The van der Waals surface area contributed by atoms with Gasteiger partial charge in [0.25, 0.3) is 5.91 Å². The average molecular weight is 1150 g/mol. The molecule has 12 heteroatoms. The molecule has 0 aromatic heterocycles. The number of carbonyl (C=O) groups is 4. The summed E-state index contributed by atoms with van der Waals surface area (Å²) in [7, 11) is 1.56. The van der Waals surface area contributed by atoms with Crippen molar-refractivity contribution in [3.05, 3.63) is 114 Å². The molecular formula is C71H110N4O8. The number of carbonyl (C=O) groups excluding carboxylic acids is 3. The first-order chi connectivity index (χ1) is 40.8. The number of rotatable bonds is 51. The lowest BCUT2D eigenvalue weighted by Crippen LogP contribution is -2.53. The van der Waals surface area contributed by atoms with Gasteiger partial charge in [-0.05, 0) is 124 Å². The SMILES string of the molecule is CCCCCCCCC=CCCCCCCCCOCCCN(CCCOCCCCCCCCC=CCCCCCCCC)C(=O)C[C@H](C(=O)NCCNC(=O)c1ccc(OC)cc1)N(CC1c2ccccc2-c2ccccc21)C(=O)O. The van der Waals surface area contributed by atoms with E-state index < -0.39 is 18.0 Å². The number of nitrogens with one attached hydrogen (secondary N) is 2. The van der Waals surface area contributed by atoms with Crippen LogP contribution in [0, 0.1) is 0 Å². The molecule has 0 saturated heterocycles. The van der Waals surface area contributed by atoms with Crippen molar-refractivity contribution in [2.75, 3.05) is 66.3 Å². The fraction of sp³-hybridized carbons (Fsp3) is 0.634. The van der Waals surface area contributed by atoms with Crippen LogP contribution in [0.25, 0.3) is 11.1 Å². The minimum atomic E-state index is -1.34. The van der Waals surface area contributed by atoms with Crippen molar-refractivity contribution in [1.82, 2.24) is 20.4 Å². The van der Waals surface area contributed by atoms with Gasteiger partial charge in [0.15, 0.2) is 0 Å². The second-order valence-corrected chi connectivity index (χ2v) is 22.8. The number of hydrogen-bond donors (Lipinski definition) is 3. The zero-order valence-electron chi connectivity index (χ0n) is 51.9. The van der Waals surface area contributed by atoms with E-state index in [0.29, 0.717) is 63.7 Å². The maximum absolute atomic E-state index is 14.7. The van der Waals surface area contributed by atoms with Gasteiger partial charge >= 0.3 is 6.09 Å². The van der Waals surface area contributed by atoms with Crippen LogP contribution in [0.3, 0.4) is 0 Å². The van der Waals surface area contributed by atoms with Crippen molar-refractivity contribution < 1.29 is 38.5 Å². The summed E-state index contributed by atoms with van der Waals surface area (Å²) in [6, 6.07) is 21.3.